The molecule has 5 heteroatoms. The van der Waals surface area contributed by atoms with E-state index in [0.717, 1.165) is 22.4 Å². The van der Waals surface area contributed by atoms with Gasteiger partial charge in [0.05, 0.1) is 11.6 Å². The van der Waals surface area contributed by atoms with Crippen LogP contribution in [0.5, 0.6) is 0 Å². The molecule has 0 saturated heterocycles. The number of aliphatic imine (C=N–C) groups is 1. The molecule has 0 amide bonds. The van der Waals surface area contributed by atoms with Crippen molar-refractivity contribution in [1.29, 1.82) is 5.26 Å². The molecular weight excluding hydrogens is 276 g/mol. The minimum Gasteiger partial charge on any atom is -0.466 e. The zero-order valence-electron chi connectivity index (χ0n) is 11.6. The van der Waals surface area contributed by atoms with E-state index in [2.05, 4.69) is 16.0 Å². The number of hydrogen-bond acceptors (Lipinski definition) is 5. The Balaban J connectivity index is 1.90. The summed E-state index contributed by atoms with van der Waals surface area (Å²) in [7, 11) is 0. The van der Waals surface area contributed by atoms with E-state index in [0.29, 0.717) is 5.57 Å². The van der Waals surface area contributed by atoms with Crippen molar-refractivity contribution < 1.29 is 4.74 Å². The van der Waals surface area contributed by atoms with E-state index in [4.69, 9.17) is 10.5 Å². The molecule has 3 aliphatic rings. The number of ether oxygens (including phenoxy) is 1. The quantitative estimate of drug-likeness (QED) is 0.857. The first-order chi connectivity index (χ1) is 10.8. The number of rotatable bonds is 1. The van der Waals surface area contributed by atoms with E-state index in [1.807, 2.05) is 30.4 Å². The summed E-state index contributed by atoms with van der Waals surface area (Å²) in [5.74, 6) is -0.0655. The Bertz CT molecular complexity index is 837. The van der Waals surface area contributed by atoms with Crippen molar-refractivity contribution in [2.24, 2.45) is 10.7 Å². The monoisotopic (exact) mass is 288 g/mol. The van der Waals surface area contributed by atoms with Gasteiger partial charge in [-0.15, -0.1) is 0 Å². The third kappa shape index (κ3) is 1.71. The lowest BCUT2D eigenvalue weighted by molar-refractivity contribution is 0.151. The second-order valence-corrected chi connectivity index (χ2v) is 5.23. The molecule has 106 valence electrons. The van der Waals surface area contributed by atoms with Gasteiger partial charge in [-0.25, -0.2) is 0 Å². The van der Waals surface area contributed by atoms with Crippen LogP contribution in [-0.4, -0.2) is 17.3 Å². The molecular formula is C17H12N4O. The molecule has 0 saturated carbocycles. The fraction of sp³-hybridized carbons (Fsp3) is 0.118. The molecule has 1 aromatic rings. The van der Waals surface area contributed by atoms with Gasteiger partial charge < -0.3 is 10.5 Å². The normalized spacial score (nSPS) is 25.3. The first kappa shape index (κ1) is 12.6. The molecule has 0 radical (unpaired) electrons. The SMILES string of the molecule is N#CC1=C(N)OC2C3=CC=NC3=CC=C2C1c1cccnc1. The van der Waals surface area contributed by atoms with Crippen molar-refractivity contribution in [2.75, 3.05) is 0 Å². The Morgan fingerprint density at radius 3 is 2.95 bits per heavy atom. The second-order valence-electron chi connectivity index (χ2n) is 5.23. The van der Waals surface area contributed by atoms with Crippen LogP contribution < -0.4 is 5.73 Å². The van der Waals surface area contributed by atoms with Crippen molar-refractivity contribution in [1.82, 2.24) is 4.98 Å². The maximum Gasteiger partial charge on any atom is 0.200 e. The fourth-order valence-electron chi connectivity index (χ4n) is 3.06. The van der Waals surface area contributed by atoms with Gasteiger partial charge in [0, 0.05) is 24.2 Å². The first-order valence-electron chi connectivity index (χ1n) is 6.92. The topological polar surface area (TPSA) is 84.3 Å². The number of hydrogen-bond donors (Lipinski definition) is 1. The third-order valence-electron chi connectivity index (χ3n) is 4.05. The summed E-state index contributed by atoms with van der Waals surface area (Å²) in [6.45, 7) is 0. The summed E-state index contributed by atoms with van der Waals surface area (Å²) in [4.78, 5) is 8.46. The van der Waals surface area contributed by atoms with Gasteiger partial charge in [0.15, 0.2) is 5.88 Å². The highest BCUT2D eigenvalue weighted by Gasteiger charge is 2.40. The average Bonchev–Trinajstić information content (AvgIpc) is 3.03. The van der Waals surface area contributed by atoms with E-state index in [-0.39, 0.29) is 17.9 Å². The van der Waals surface area contributed by atoms with Gasteiger partial charge >= 0.3 is 0 Å². The summed E-state index contributed by atoms with van der Waals surface area (Å²) in [5, 5.41) is 9.50. The molecule has 0 bridgehead atoms. The van der Waals surface area contributed by atoms with E-state index < -0.39 is 0 Å². The Morgan fingerprint density at radius 1 is 1.27 bits per heavy atom. The molecule has 2 N–H and O–H groups in total. The second kappa shape index (κ2) is 4.71. The zero-order chi connectivity index (χ0) is 15.1. The highest BCUT2D eigenvalue weighted by molar-refractivity contribution is 5.81. The van der Waals surface area contributed by atoms with E-state index >= 15 is 0 Å². The summed E-state index contributed by atoms with van der Waals surface area (Å²) < 4.78 is 5.82. The van der Waals surface area contributed by atoms with Crippen molar-refractivity contribution in [3.63, 3.8) is 0 Å². The summed E-state index contributed by atoms with van der Waals surface area (Å²) in [6.07, 6.45) is 10.8. The van der Waals surface area contributed by atoms with Crippen LogP contribution in [0.2, 0.25) is 0 Å². The van der Waals surface area contributed by atoms with Gasteiger partial charge in [-0.1, -0.05) is 12.1 Å². The highest BCUT2D eigenvalue weighted by atomic mass is 16.5. The van der Waals surface area contributed by atoms with E-state index in [9.17, 15) is 5.26 Å². The Labute approximate surface area is 127 Å². The van der Waals surface area contributed by atoms with Crippen molar-refractivity contribution in [3.8, 4) is 6.07 Å². The predicted octanol–water partition coefficient (Wildman–Crippen LogP) is 2.09. The first-order valence-corrected chi connectivity index (χ1v) is 6.92. The molecule has 4 rings (SSSR count). The predicted molar refractivity (Wildman–Crippen MR) is 81.4 cm³/mol. The van der Waals surface area contributed by atoms with Crippen LogP contribution in [0.1, 0.15) is 11.5 Å². The maximum absolute atomic E-state index is 9.50. The lowest BCUT2D eigenvalue weighted by Gasteiger charge is -2.35. The Hall–Kier alpha value is -3.13. The molecule has 2 unspecified atom stereocenters. The third-order valence-corrected chi connectivity index (χ3v) is 4.05. The summed E-state index contributed by atoms with van der Waals surface area (Å²) in [5.41, 5.74) is 10.2. The minimum atomic E-state index is -0.301. The lowest BCUT2D eigenvalue weighted by Crippen LogP contribution is -2.33. The molecule has 22 heavy (non-hydrogen) atoms. The van der Waals surface area contributed by atoms with Crippen LogP contribution in [0.15, 0.2) is 76.0 Å². The van der Waals surface area contributed by atoms with Gasteiger partial charge in [-0.2, -0.15) is 5.26 Å². The van der Waals surface area contributed by atoms with Crippen LogP contribution in [0.3, 0.4) is 0 Å². The van der Waals surface area contributed by atoms with Crippen LogP contribution >= 0.6 is 0 Å². The average molecular weight is 288 g/mol. The van der Waals surface area contributed by atoms with Gasteiger partial charge in [-0.3, -0.25) is 9.98 Å². The standard InChI is InChI=1S/C17H12N4O/c18-8-13-15(10-2-1-6-20-9-10)12-3-4-14-11(5-7-21-14)16(12)22-17(13)19/h1-7,9,15-16H,19H2. The van der Waals surface area contributed by atoms with Crippen LogP contribution in [0, 0.1) is 11.3 Å². The lowest BCUT2D eigenvalue weighted by atomic mass is 9.77. The number of nitriles is 1. The van der Waals surface area contributed by atoms with E-state index in [1.165, 1.54) is 0 Å². The largest absolute Gasteiger partial charge is 0.466 e. The zero-order valence-corrected chi connectivity index (χ0v) is 11.6. The molecule has 1 aliphatic carbocycles. The van der Waals surface area contributed by atoms with Crippen molar-refractivity contribution in [3.05, 3.63) is 76.6 Å². The molecule has 1 aromatic heterocycles. The smallest absolute Gasteiger partial charge is 0.200 e. The molecule has 2 atom stereocenters. The molecule has 0 aromatic carbocycles. The Kier molecular flexibility index (Phi) is 2.70. The van der Waals surface area contributed by atoms with Gasteiger partial charge in [0.2, 0.25) is 0 Å². The fourth-order valence-corrected chi connectivity index (χ4v) is 3.06. The maximum atomic E-state index is 9.50. The summed E-state index contributed by atoms with van der Waals surface area (Å²) in [6, 6.07) is 5.99. The molecule has 5 nitrogen and oxygen atoms in total. The minimum absolute atomic E-state index is 0.174. The number of nitrogens with zero attached hydrogens (tertiary/aromatic N) is 3. The molecule has 0 fully saturated rings. The number of aromatic nitrogens is 1. The highest BCUT2D eigenvalue weighted by Crippen LogP contribution is 2.45. The Morgan fingerprint density at radius 2 is 2.18 bits per heavy atom. The molecule has 3 heterocycles. The van der Waals surface area contributed by atoms with Crippen LogP contribution in [-0.2, 0) is 4.74 Å². The molecule has 0 spiro atoms. The summed E-state index contributed by atoms with van der Waals surface area (Å²) >= 11 is 0. The van der Waals surface area contributed by atoms with Gasteiger partial charge in [0.1, 0.15) is 17.7 Å². The van der Waals surface area contributed by atoms with E-state index in [1.54, 1.807) is 18.6 Å². The number of pyridine rings is 1. The van der Waals surface area contributed by atoms with Crippen LogP contribution in [0.25, 0.3) is 0 Å². The van der Waals surface area contributed by atoms with Gasteiger partial charge in [0.25, 0.3) is 0 Å². The number of nitrogens with two attached hydrogens (primary N) is 1. The van der Waals surface area contributed by atoms with Crippen molar-refractivity contribution >= 4 is 6.21 Å². The van der Waals surface area contributed by atoms with Crippen molar-refractivity contribution in [2.45, 2.75) is 12.0 Å². The van der Waals surface area contributed by atoms with Crippen LogP contribution in [0.4, 0.5) is 0 Å². The van der Waals surface area contributed by atoms with Gasteiger partial charge in [-0.05, 0) is 29.4 Å². The number of fused-ring (bicyclic) bond motifs is 3. The number of allylic oxidation sites excluding steroid dienone is 4. The molecule has 2 aliphatic heterocycles.